The number of hydrogen-bond acceptors (Lipinski definition) is 3. The van der Waals surface area contributed by atoms with E-state index >= 15 is 0 Å². The molecule has 132 valence electrons. The first-order valence-electron chi connectivity index (χ1n) is 7.81. The molecule has 0 aliphatic rings. The van der Waals surface area contributed by atoms with E-state index in [1.165, 1.54) is 18.9 Å². The highest BCUT2D eigenvalue weighted by molar-refractivity contribution is 6.32. The minimum Gasteiger partial charge on any atom is -0.495 e. The van der Waals surface area contributed by atoms with Crippen molar-refractivity contribution in [3.8, 4) is 5.75 Å². The van der Waals surface area contributed by atoms with Crippen LogP contribution in [0, 0.1) is 13.8 Å². The van der Waals surface area contributed by atoms with Crippen molar-refractivity contribution < 1.29 is 14.3 Å². The first-order chi connectivity index (χ1) is 11.8. The van der Waals surface area contributed by atoms with Gasteiger partial charge in [0, 0.05) is 18.3 Å². The van der Waals surface area contributed by atoms with E-state index in [9.17, 15) is 9.59 Å². The molecule has 2 aromatic rings. The lowest BCUT2D eigenvalue weighted by Gasteiger charge is -2.22. The first kappa shape index (κ1) is 18.8. The molecule has 2 aromatic carbocycles. The lowest BCUT2D eigenvalue weighted by molar-refractivity contribution is -0.120. The number of rotatable bonds is 5. The predicted octanol–water partition coefficient (Wildman–Crippen LogP) is 3.96. The Hall–Kier alpha value is -2.53. The third-order valence-electron chi connectivity index (χ3n) is 3.87. The molecule has 6 heteroatoms. The molecule has 1 N–H and O–H groups in total. The zero-order valence-corrected chi connectivity index (χ0v) is 15.5. The van der Waals surface area contributed by atoms with Crippen LogP contribution in [0.2, 0.25) is 5.02 Å². The van der Waals surface area contributed by atoms with Gasteiger partial charge in [-0.3, -0.25) is 9.59 Å². The van der Waals surface area contributed by atoms with E-state index in [1.54, 1.807) is 18.2 Å². The molecule has 25 heavy (non-hydrogen) atoms. The minimum atomic E-state index is -0.278. The monoisotopic (exact) mass is 360 g/mol. The summed E-state index contributed by atoms with van der Waals surface area (Å²) in [7, 11) is 1.52. The van der Waals surface area contributed by atoms with Crippen LogP contribution in [0.4, 0.5) is 11.4 Å². The fourth-order valence-electron chi connectivity index (χ4n) is 2.54. The maximum absolute atomic E-state index is 12.5. The van der Waals surface area contributed by atoms with Crippen molar-refractivity contribution in [2.24, 2.45) is 0 Å². The SMILES string of the molecule is COc1ccc(N(CC(=O)Nc2c(C)cccc2C)C(C)=O)cc1Cl. The second kappa shape index (κ2) is 8.03. The zero-order chi connectivity index (χ0) is 18.6. The molecule has 0 atom stereocenters. The molecule has 0 aliphatic heterocycles. The summed E-state index contributed by atoms with van der Waals surface area (Å²) < 4.78 is 5.11. The number of aryl methyl sites for hydroxylation is 2. The Bertz CT molecular complexity index is 785. The maximum atomic E-state index is 12.5. The summed E-state index contributed by atoms with van der Waals surface area (Å²) >= 11 is 6.12. The van der Waals surface area contributed by atoms with E-state index in [4.69, 9.17) is 16.3 Å². The van der Waals surface area contributed by atoms with E-state index in [1.807, 2.05) is 32.0 Å². The average Bonchev–Trinajstić information content (AvgIpc) is 2.56. The Morgan fingerprint density at radius 2 is 1.80 bits per heavy atom. The Labute approximate surface area is 152 Å². The summed E-state index contributed by atoms with van der Waals surface area (Å²) in [6.45, 7) is 5.15. The fraction of sp³-hybridized carbons (Fsp3) is 0.263. The van der Waals surface area contributed by atoms with Gasteiger partial charge >= 0.3 is 0 Å². The third-order valence-corrected chi connectivity index (χ3v) is 4.17. The minimum absolute atomic E-state index is 0.105. The van der Waals surface area contributed by atoms with Crippen molar-refractivity contribution in [1.29, 1.82) is 0 Å². The quantitative estimate of drug-likeness (QED) is 0.878. The standard InChI is InChI=1S/C19H21ClN2O3/c1-12-6-5-7-13(2)19(12)21-18(24)11-22(14(3)23)15-8-9-17(25-4)16(20)10-15/h5-10H,11H2,1-4H3,(H,21,24). The molecular weight excluding hydrogens is 340 g/mol. The van der Waals surface area contributed by atoms with Crippen LogP contribution in [-0.4, -0.2) is 25.5 Å². The Balaban J connectivity index is 2.20. The number of carbonyl (C=O) groups excluding carboxylic acids is 2. The number of anilines is 2. The van der Waals surface area contributed by atoms with Crippen LogP contribution in [0.5, 0.6) is 5.75 Å². The summed E-state index contributed by atoms with van der Waals surface area (Å²) in [5.41, 5.74) is 3.24. The number of methoxy groups -OCH3 is 1. The van der Waals surface area contributed by atoms with Crippen LogP contribution >= 0.6 is 11.6 Å². The summed E-state index contributed by atoms with van der Waals surface area (Å²) in [5.74, 6) is -0.0219. The van der Waals surface area contributed by atoms with Crippen molar-refractivity contribution in [2.75, 3.05) is 23.9 Å². The summed E-state index contributed by atoms with van der Waals surface area (Å²) in [6.07, 6.45) is 0. The van der Waals surface area contributed by atoms with E-state index in [0.29, 0.717) is 16.5 Å². The van der Waals surface area contributed by atoms with Gasteiger partial charge in [0.1, 0.15) is 12.3 Å². The Morgan fingerprint density at radius 1 is 1.16 bits per heavy atom. The fourth-order valence-corrected chi connectivity index (χ4v) is 2.79. The van der Waals surface area contributed by atoms with E-state index in [0.717, 1.165) is 16.8 Å². The molecule has 0 fully saturated rings. The van der Waals surface area contributed by atoms with Crippen LogP contribution < -0.4 is 15.0 Å². The number of halogens is 1. The average molecular weight is 361 g/mol. The van der Waals surface area contributed by atoms with Gasteiger partial charge in [0.05, 0.1) is 12.1 Å². The number of hydrogen-bond donors (Lipinski definition) is 1. The summed E-state index contributed by atoms with van der Waals surface area (Å²) in [4.78, 5) is 25.8. The molecule has 2 amide bonds. The van der Waals surface area contributed by atoms with Gasteiger partial charge in [0.25, 0.3) is 0 Å². The molecule has 0 aromatic heterocycles. The van der Waals surface area contributed by atoms with Gasteiger partial charge in [-0.1, -0.05) is 29.8 Å². The van der Waals surface area contributed by atoms with Crippen molar-refractivity contribution in [3.63, 3.8) is 0 Å². The van der Waals surface area contributed by atoms with Gasteiger partial charge in [0.15, 0.2) is 0 Å². The van der Waals surface area contributed by atoms with Crippen LogP contribution in [-0.2, 0) is 9.59 Å². The third kappa shape index (κ3) is 4.51. The molecule has 2 rings (SSSR count). The van der Waals surface area contributed by atoms with Crippen LogP contribution in [0.3, 0.4) is 0 Å². The first-order valence-corrected chi connectivity index (χ1v) is 8.19. The van der Waals surface area contributed by atoms with Gasteiger partial charge in [-0.05, 0) is 43.2 Å². The molecule has 0 unspecified atom stereocenters. The van der Waals surface area contributed by atoms with Crippen molar-refractivity contribution >= 4 is 34.8 Å². The summed E-state index contributed by atoms with van der Waals surface area (Å²) in [5, 5.41) is 3.26. The van der Waals surface area contributed by atoms with Crippen LogP contribution in [0.25, 0.3) is 0 Å². The molecule has 0 saturated heterocycles. The molecule has 0 radical (unpaired) electrons. The van der Waals surface area contributed by atoms with Crippen molar-refractivity contribution in [1.82, 2.24) is 0 Å². The number of nitrogens with one attached hydrogen (secondary N) is 1. The second-order valence-electron chi connectivity index (χ2n) is 5.74. The van der Waals surface area contributed by atoms with Crippen molar-refractivity contribution in [2.45, 2.75) is 20.8 Å². The maximum Gasteiger partial charge on any atom is 0.244 e. The number of carbonyl (C=O) groups is 2. The number of nitrogens with zero attached hydrogens (tertiary/aromatic N) is 1. The molecule has 0 aliphatic carbocycles. The highest BCUT2D eigenvalue weighted by Crippen LogP contribution is 2.29. The molecule has 5 nitrogen and oxygen atoms in total. The Morgan fingerprint density at radius 3 is 2.32 bits per heavy atom. The lowest BCUT2D eigenvalue weighted by atomic mass is 10.1. The normalized spacial score (nSPS) is 10.3. The van der Waals surface area contributed by atoms with Crippen LogP contribution in [0.15, 0.2) is 36.4 Å². The summed E-state index contributed by atoms with van der Waals surface area (Å²) in [6, 6.07) is 10.7. The number of para-hydroxylation sites is 1. The van der Waals surface area contributed by atoms with E-state index in [2.05, 4.69) is 5.32 Å². The Kier molecular flexibility index (Phi) is 6.04. The second-order valence-corrected chi connectivity index (χ2v) is 6.15. The van der Waals surface area contributed by atoms with E-state index in [-0.39, 0.29) is 18.4 Å². The predicted molar refractivity (Wildman–Crippen MR) is 101 cm³/mol. The molecule has 0 heterocycles. The van der Waals surface area contributed by atoms with E-state index < -0.39 is 0 Å². The molecule has 0 bridgehead atoms. The number of benzene rings is 2. The number of ether oxygens (including phenoxy) is 1. The van der Waals surface area contributed by atoms with Gasteiger partial charge in [-0.25, -0.2) is 0 Å². The lowest BCUT2D eigenvalue weighted by Crippen LogP contribution is -2.36. The molecule has 0 spiro atoms. The smallest absolute Gasteiger partial charge is 0.244 e. The van der Waals surface area contributed by atoms with Gasteiger partial charge < -0.3 is 15.0 Å². The van der Waals surface area contributed by atoms with Gasteiger partial charge in [-0.15, -0.1) is 0 Å². The molecular formula is C19H21ClN2O3. The highest BCUT2D eigenvalue weighted by Gasteiger charge is 2.18. The van der Waals surface area contributed by atoms with Gasteiger partial charge in [-0.2, -0.15) is 0 Å². The highest BCUT2D eigenvalue weighted by atomic mass is 35.5. The van der Waals surface area contributed by atoms with Gasteiger partial charge in [0.2, 0.25) is 11.8 Å². The van der Waals surface area contributed by atoms with Crippen molar-refractivity contribution in [3.05, 3.63) is 52.5 Å². The zero-order valence-electron chi connectivity index (χ0n) is 14.7. The van der Waals surface area contributed by atoms with Crippen LogP contribution in [0.1, 0.15) is 18.1 Å². The topological polar surface area (TPSA) is 58.6 Å². The molecule has 0 saturated carbocycles. The largest absolute Gasteiger partial charge is 0.495 e. The number of amides is 2.